The van der Waals surface area contributed by atoms with Crippen molar-refractivity contribution in [2.45, 2.75) is 49.2 Å². The van der Waals surface area contributed by atoms with Crippen molar-refractivity contribution >= 4 is 21.4 Å². The van der Waals surface area contributed by atoms with Gasteiger partial charge in [-0.25, -0.2) is 12.8 Å². The highest BCUT2D eigenvalue weighted by Crippen LogP contribution is 2.42. The summed E-state index contributed by atoms with van der Waals surface area (Å²) in [6.07, 6.45) is 1.87. The molecule has 4 nitrogen and oxygen atoms in total. The molecule has 0 bridgehead atoms. The van der Waals surface area contributed by atoms with Crippen LogP contribution >= 0.6 is 0 Å². The molecule has 0 aromatic heterocycles. The Labute approximate surface area is 153 Å². The molecule has 1 N–H and O–H groups in total. The van der Waals surface area contributed by atoms with Gasteiger partial charge in [-0.05, 0) is 62.1 Å². The second-order valence-electron chi connectivity index (χ2n) is 6.94. The zero-order chi connectivity index (χ0) is 18.9. The van der Waals surface area contributed by atoms with Crippen molar-refractivity contribution in [3.63, 3.8) is 0 Å². The minimum absolute atomic E-state index is 0.203. The lowest BCUT2D eigenvalue weighted by molar-refractivity contribution is -0.118. The van der Waals surface area contributed by atoms with E-state index in [0.717, 1.165) is 5.56 Å². The van der Waals surface area contributed by atoms with Crippen LogP contribution in [0.25, 0.3) is 0 Å². The molecule has 0 heterocycles. The average molecular weight is 375 g/mol. The van der Waals surface area contributed by atoms with E-state index in [2.05, 4.69) is 5.32 Å². The van der Waals surface area contributed by atoms with Gasteiger partial charge in [0.1, 0.15) is 5.82 Å². The second-order valence-corrected chi connectivity index (χ2v) is 9.17. The van der Waals surface area contributed by atoms with Crippen LogP contribution < -0.4 is 5.32 Å². The maximum Gasteiger partial charge on any atom is 0.246 e. The zero-order valence-electron chi connectivity index (χ0n) is 14.9. The molecule has 1 aliphatic rings. The van der Waals surface area contributed by atoms with Crippen LogP contribution in [0.5, 0.6) is 0 Å². The minimum Gasteiger partial charge on any atom is -0.325 e. The summed E-state index contributed by atoms with van der Waals surface area (Å²) < 4.78 is 38.9. The van der Waals surface area contributed by atoms with Crippen LogP contribution in [-0.4, -0.2) is 19.1 Å². The van der Waals surface area contributed by atoms with Crippen molar-refractivity contribution in [1.82, 2.24) is 0 Å². The third kappa shape index (κ3) is 3.14. The summed E-state index contributed by atoms with van der Waals surface area (Å²) in [5, 5.41) is 2.62. The molecule has 1 aliphatic carbocycles. The van der Waals surface area contributed by atoms with Crippen LogP contribution in [0.4, 0.5) is 10.1 Å². The first-order chi connectivity index (χ1) is 12.3. The number of hydrogen-bond donors (Lipinski definition) is 1. The Balaban J connectivity index is 2.04. The molecule has 1 saturated carbocycles. The van der Waals surface area contributed by atoms with E-state index in [1.807, 2.05) is 13.0 Å². The monoisotopic (exact) mass is 375 g/mol. The normalized spacial score (nSPS) is 16.4. The zero-order valence-corrected chi connectivity index (χ0v) is 15.7. The Kier molecular flexibility index (Phi) is 4.88. The number of nitrogens with one attached hydrogen (secondary N) is 1. The highest BCUT2D eigenvalue weighted by atomic mass is 32.2. The fourth-order valence-corrected chi connectivity index (χ4v) is 5.96. The Morgan fingerprint density at radius 3 is 2.42 bits per heavy atom. The van der Waals surface area contributed by atoms with Crippen LogP contribution in [0.3, 0.4) is 0 Å². The minimum atomic E-state index is -3.89. The van der Waals surface area contributed by atoms with Crippen LogP contribution in [0.1, 0.15) is 36.8 Å². The van der Waals surface area contributed by atoms with E-state index in [1.165, 1.54) is 18.2 Å². The first-order valence-electron chi connectivity index (χ1n) is 8.65. The number of amides is 1. The SMILES string of the molecule is Cc1ccc(C)c(S(=O)(=O)C2(C(=O)Nc3cccc(F)c3)CCCC2)c1. The van der Waals surface area contributed by atoms with E-state index in [9.17, 15) is 17.6 Å². The smallest absolute Gasteiger partial charge is 0.246 e. The predicted octanol–water partition coefficient (Wildman–Crippen LogP) is 4.17. The van der Waals surface area contributed by atoms with E-state index in [4.69, 9.17) is 0 Å². The van der Waals surface area contributed by atoms with E-state index in [1.54, 1.807) is 25.1 Å². The number of hydrogen-bond acceptors (Lipinski definition) is 3. The van der Waals surface area contributed by atoms with Crippen LogP contribution in [0.2, 0.25) is 0 Å². The first kappa shape index (κ1) is 18.6. The molecular weight excluding hydrogens is 353 g/mol. The molecular formula is C20H22FNO3S. The van der Waals surface area contributed by atoms with Crippen molar-refractivity contribution in [1.29, 1.82) is 0 Å². The van der Waals surface area contributed by atoms with Gasteiger partial charge in [0.25, 0.3) is 0 Å². The summed E-state index contributed by atoms with van der Waals surface area (Å²) in [6, 6.07) is 10.7. The van der Waals surface area contributed by atoms with Crippen molar-refractivity contribution < 1.29 is 17.6 Å². The molecule has 0 unspecified atom stereocenters. The molecule has 0 spiro atoms. The highest BCUT2D eigenvalue weighted by molar-refractivity contribution is 7.93. The Hall–Kier alpha value is -2.21. The van der Waals surface area contributed by atoms with Gasteiger partial charge in [0.2, 0.25) is 5.91 Å². The summed E-state index contributed by atoms with van der Waals surface area (Å²) in [5.74, 6) is -1.07. The van der Waals surface area contributed by atoms with Crippen LogP contribution in [0.15, 0.2) is 47.4 Å². The van der Waals surface area contributed by atoms with Gasteiger partial charge in [-0.15, -0.1) is 0 Å². The van der Waals surface area contributed by atoms with Gasteiger partial charge in [-0.3, -0.25) is 4.79 Å². The molecule has 6 heteroatoms. The number of benzene rings is 2. The van der Waals surface area contributed by atoms with Crippen molar-refractivity contribution in [3.8, 4) is 0 Å². The molecule has 1 amide bonds. The first-order valence-corrected chi connectivity index (χ1v) is 10.1. The number of anilines is 1. The largest absolute Gasteiger partial charge is 0.325 e. The Morgan fingerprint density at radius 2 is 1.77 bits per heavy atom. The van der Waals surface area contributed by atoms with Gasteiger partial charge < -0.3 is 5.32 Å². The summed E-state index contributed by atoms with van der Waals surface area (Å²) in [4.78, 5) is 13.3. The number of carbonyl (C=O) groups excluding carboxylic acids is 1. The van der Waals surface area contributed by atoms with Gasteiger partial charge >= 0.3 is 0 Å². The number of aryl methyl sites for hydroxylation is 2. The Morgan fingerprint density at radius 1 is 1.08 bits per heavy atom. The fraction of sp³-hybridized carbons (Fsp3) is 0.350. The maximum atomic E-state index is 13.5. The van der Waals surface area contributed by atoms with Gasteiger partial charge in [-0.1, -0.05) is 31.0 Å². The van der Waals surface area contributed by atoms with E-state index >= 15 is 0 Å². The predicted molar refractivity (Wildman–Crippen MR) is 99.3 cm³/mol. The number of sulfone groups is 1. The second kappa shape index (κ2) is 6.83. The van der Waals surface area contributed by atoms with E-state index in [-0.39, 0.29) is 23.4 Å². The molecule has 26 heavy (non-hydrogen) atoms. The van der Waals surface area contributed by atoms with Gasteiger partial charge in [0.15, 0.2) is 14.6 Å². The molecule has 1 fully saturated rings. The molecule has 3 rings (SSSR count). The summed E-state index contributed by atoms with van der Waals surface area (Å²) in [5.41, 5.74) is 1.71. The lowest BCUT2D eigenvalue weighted by atomic mass is 10.1. The van der Waals surface area contributed by atoms with Crippen LogP contribution in [0, 0.1) is 19.7 Å². The van der Waals surface area contributed by atoms with Crippen LogP contribution in [-0.2, 0) is 14.6 Å². The third-order valence-corrected chi connectivity index (χ3v) is 7.70. The fourth-order valence-electron chi connectivity index (χ4n) is 3.58. The molecule has 0 saturated heterocycles. The molecule has 0 atom stereocenters. The number of rotatable bonds is 4. The van der Waals surface area contributed by atoms with E-state index < -0.39 is 26.3 Å². The van der Waals surface area contributed by atoms with Crippen molar-refractivity contribution in [3.05, 3.63) is 59.4 Å². The van der Waals surface area contributed by atoms with E-state index in [0.29, 0.717) is 18.4 Å². The lowest BCUT2D eigenvalue weighted by Gasteiger charge is -2.28. The third-order valence-electron chi connectivity index (χ3n) is 5.06. The molecule has 138 valence electrons. The highest BCUT2D eigenvalue weighted by Gasteiger charge is 2.53. The topological polar surface area (TPSA) is 63.2 Å². The summed E-state index contributed by atoms with van der Waals surface area (Å²) in [6.45, 7) is 3.56. The number of halogens is 1. The van der Waals surface area contributed by atoms with Crippen molar-refractivity contribution in [2.75, 3.05) is 5.32 Å². The average Bonchev–Trinajstić information content (AvgIpc) is 3.08. The number of carbonyl (C=O) groups is 1. The molecule has 0 aliphatic heterocycles. The van der Waals surface area contributed by atoms with Gasteiger partial charge in [-0.2, -0.15) is 0 Å². The quantitative estimate of drug-likeness (QED) is 0.872. The maximum absolute atomic E-state index is 13.5. The van der Waals surface area contributed by atoms with Gasteiger partial charge in [0.05, 0.1) is 4.90 Å². The molecule has 2 aromatic rings. The van der Waals surface area contributed by atoms with Gasteiger partial charge in [0, 0.05) is 5.69 Å². The summed E-state index contributed by atoms with van der Waals surface area (Å²) >= 11 is 0. The standard InChI is InChI=1S/C20H22FNO3S/c1-14-8-9-15(2)18(12-14)26(24,25)20(10-3-4-11-20)19(23)22-17-7-5-6-16(21)13-17/h5-9,12-13H,3-4,10-11H2,1-2H3,(H,22,23). The van der Waals surface area contributed by atoms with Crippen molar-refractivity contribution in [2.24, 2.45) is 0 Å². The Bertz CT molecular complexity index is 947. The molecule has 2 aromatic carbocycles. The molecule has 0 radical (unpaired) electrons. The lowest BCUT2D eigenvalue weighted by Crippen LogP contribution is -2.47. The summed E-state index contributed by atoms with van der Waals surface area (Å²) in [7, 11) is -3.89.